The third kappa shape index (κ3) is 2.40. The highest BCUT2D eigenvalue weighted by Gasteiger charge is 2.11. The summed E-state index contributed by atoms with van der Waals surface area (Å²) in [5.41, 5.74) is 6.60. The zero-order valence-corrected chi connectivity index (χ0v) is 9.61. The van der Waals surface area contributed by atoms with Crippen molar-refractivity contribution in [2.75, 3.05) is 0 Å². The van der Waals surface area contributed by atoms with Crippen molar-refractivity contribution in [1.82, 2.24) is 10.1 Å². The zero-order chi connectivity index (χ0) is 11.5. The van der Waals surface area contributed by atoms with Gasteiger partial charge in [-0.15, -0.1) is 0 Å². The fourth-order valence-electron chi connectivity index (χ4n) is 1.34. The van der Waals surface area contributed by atoms with Crippen molar-refractivity contribution in [3.05, 3.63) is 46.6 Å². The first kappa shape index (κ1) is 11.1. The van der Waals surface area contributed by atoms with E-state index in [9.17, 15) is 0 Å². The molecule has 0 bridgehead atoms. The molecule has 0 aliphatic rings. The summed E-state index contributed by atoms with van der Waals surface area (Å²) in [6.45, 7) is 1.80. The number of aromatic nitrogens is 2. The van der Waals surface area contributed by atoms with E-state index in [0.29, 0.717) is 23.2 Å². The molecule has 1 aromatic heterocycles. The van der Waals surface area contributed by atoms with Gasteiger partial charge in [-0.3, -0.25) is 0 Å². The lowest BCUT2D eigenvalue weighted by molar-refractivity contribution is 0.358. The number of hydrogen-bond donors (Lipinski definition) is 1. The van der Waals surface area contributed by atoms with Gasteiger partial charge in [0.05, 0.1) is 6.04 Å². The van der Waals surface area contributed by atoms with Crippen LogP contribution in [0.1, 0.15) is 30.2 Å². The molecule has 0 amide bonds. The standard InChI is InChI=1S/C11H12ClN3O/c1-7(13)11-14-10(15-16-11)6-8-4-2-3-5-9(8)12/h2-5,7H,6,13H2,1H3/t7-/m0/s1. The van der Waals surface area contributed by atoms with Crippen molar-refractivity contribution in [2.45, 2.75) is 19.4 Å². The van der Waals surface area contributed by atoms with Crippen LogP contribution < -0.4 is 5.73 Å². The normalized spacial score (nSPS) is 12.7. The average Bonchev–Trinajstić information content (AvgIpc) is 2.70. The van der Waals surface area contributed by atoms with E-state index in [1.165, 1.54) is 0 Å². The number of hydrogen-bond acceptors (Lipinski definition) is 4. The van der Waals surface area contributed by atoms with Crippen molar-refractivity contribution < 1.29 is 4.52 Å². The maximum absolute atomic E-state index is 6.03. The molecule has 0 spiro atoms. The summed E-state index contributed by atoms with van der Waals surface area (Å²) in [6, 6.07) is 7.34. The quantitative estimate of drug-likeness (QED) is 0.890. The van der Waals surface area contributed by atoms with Crippen LogP contribution in [-0.4, -0.2) is 10.1 Å². The van der Waals surface area contributed by atoms with Crippen molar-refractivity contribution in [1.29, 1.82) is 0 Å². The third-order valence-corrected chi connectivity index (χ3v) is 2.55. The minimum Gasteiger partial charge on any atom is -0.338 e. The Kier molecular flexibility index (Phi) is 3.22. The summed E-state index contributed by atoms with van der Waals surface area (Å²) >= 11 is 6.03. The highest BCUT2D eigenvalue weighted by molar-refractivity contribution is 6.31. The molecule has 4 nitrogen and oxygen atoms in total. The molecule has 16 heavy (non-hydrogen) atoms. The Morgan fingerprint density at radius 1 is 1.44 bits per heavy atom. The van der Waals surface area contributed by atoms with Crippen LogP contribution >= 0.6 is 11.6 Å². The van der Waals surface area contributed by atoms with Crippen LogP contribution in [0.3, 0.4) is 0 Å². The molecular formula is C11H12ClN3O. The molecule has 1 atom stereocenters. The van der Waals surface area contributed by atoms with Gasteiger partial charge in [0.25, 0.3) is 0 Å². The van der Waals surface area contributed by atoms with Gasteiger partial charge in [0.15, 0.2) is 5.82 Å². The average molecular weight is 238 g/mol. The van der Waals surface area contributed by atoms with Gasteiger partial charge in [0.2, 0.25) is 5.89 Å². The van der Waals surface area contributed by atoms with Gasteiger partial charge in [-0.2, -0.15) is 4.98 Å². The summed E-state index contributed by atoms with van der Waals surface area (Å²) in [5, 5.41) is 4.55. The number of benzene rings is 1. The Balaban J connectivity index is 2.18. The molecule has 2 N–H and O–H groups in total. The highest BCUT2D eigenvalue weighted by Crippen LogP contribution is 2.18. The molecule has 2 aromatic rings. The maximum Gasteiger partial charge on any atom is 0.243 e. The van der Waals surface area contributed by atoms with E-state index < -0.39 is 0 Å². The third-order valence-electron chi connectivity index (χ3n) is 2.18. The van der Waals surface area contributed by atoms with Crippen molar-refractivity contribution in [2.24, 2.45) is 5.73 Å². The van der Waals surface area contributed by atoms with E-state index in [1.54, 1.807) is 6.92 Å². The van der Waals surface area contributed by atoms with E-state index in [1.807, 2.05) is 24.3 Å². The molecule has 0 saturated heterocycles. The summed E-state index contributed by atoms with van der Waals surface area (Å²) in [4.78, 5) is 4.18. The molecule has 1 aromatic carbocycles. The predicted molar refractivity (Wildman–Crippen MR) is 61.2 cm³/mol. The van der Waals surface area contributed by atoms with Crippen molar-refractivity contribution in [3.8, 4) is 0 Å². The second-order valence-corrected chi connectivity index (χ2v) is 4.01. The highest BCUT2D eigenvalue weighted by atomic mass is 35.5. The molecule has 84 valence electrons. The Hall–Kier alpha value is -1.39. The van der Waals surface area contributed by atoms with Gasteiger partial charge in [0, 0.05) is 11.4 Å². The molecule has 0 unspecified atom stereocenters. The molecule has 5 heteroatoms. The molecule has 1 heterocycles. The Morgan fingerprint density at radius 3 is 2.81 bits per heavy atom. The first-order valence-electron chi connectivity index (χ1n) is 4.98. The van der Waals surface area contributed by atoms with Crippen LogP contribution in [0.4, 0.5) is 0 Å². The smallest absolute Gasteiger partial charge is 0.243 e. The lowest BCUT2D eigenvalue weighted by Crippen LogP contribution is -2.05. The summed E-state index contributed by atoms with van der Waals surface area (Å²) in [5.74, 6) is 1.04. The van der Waals surface area contributed by atoms with Crippen LogP contribution in [0.2, 0.25) is 5.02 Å². The summed E-state index contributed by atoms with van der Waals surface area (Å²) in [6.07, 6.45) is 0.551. The lowest BCUT2D eigenvalue weighted by atomic mass is 10.1. The minimum absolute atomic E-state index is 0.243. The van der Waals surface area contributed by atoms with E-state index in [0.717, 1.165) is 5.56 Å². The number of rotatable bonds is 3. The summed E-state index contributed by atoms with van der Waals surface area (Å²) in [7, 11) is 0. The van der Waals surface area contributed by atoms with Crippen LogP contribution in [0.25, 0.3) is 0 Å². The number of halogens is 1. The summed E-state index contributed by atoms with van der Waals surface area (Å²) < 4.78 is 5.01. The molecule has 0 saturated carbocycles. The van der Waals surface area contributed by atoms with Crippen molar-refractivity contribution in [3.63, 3.8) is 0 Å². The second kappa shape index (κ2) is 4.63. The fraction of sp³-hybridized carbons (Fsp3) is 0.273. The van der Waals surface area contributed by atoms with Gasteiger partial charge in [-0.05, 0) is 18.6 Å². The minimum atomic E-state index is -0.243. The molecule has 0 radical (unpaired) electrons. The monoisotopic (exact) mass is 237 g/mol. The van der Waals surface area contributed by atoms with Crippen LogP contribution in [-0.2, 0) is 6.42 Å². The molecule has 0 fully saturated rings. The molecule has 0 aliphatic heterocycles. The first-order valence-corrected chi connectivity index (χ1v) is 5.36. The van der Waals surface area contributed by atoms with Gasteiger partial charge < -0.3 is 10.3 Å². The number of nitrogens with two attached hydrogens (primary N) is 1. The maximum atomic E-state index is 6.03. The zero-order valence-electron chi connectivity index (χ0n) is 8.85. The van der Waals surface area contributed by atoms with E-state index >= 15 is 0 Å². The van der Waals surface area contributed by atoms with Gasteiger partial charge >= 0.3 is 0 Å². The van der Waals surface area contributed by atoms with Gasteiger partial charge in [0.1, 0.15) is 0 Å². The largest absolute Gasteiger partial charge is 0.338 e. The van der Waals surface area contributed by atoms with Gasteiger partial charge in [-0.1, -0.05) is 35.0 Å². The van der Waals surface area contributed by atoms with Crippen LogP contribution in [0.15, 0.2) is 28.8 Å². The fourth-order valence-corrected chi connectivity index (χ4v) is 1.54. The first-order chi connectivity index (χ1) is 7.66. The molecule has 2 rings (SSSR count). The molecule has 0 aliphatic carbocycles. The lowest BCUT2D eigenvalue weighted by Gasteiger charge is -1.99. The van der Waals surface area contributed by atoms with E-state index in [-0.39, 0.29) is 6.04 Å². The Bertz CT molecular complexity index is 482. The SMILES string of the molecule is C[C@H](N)c1nc(Cc2ccccc2Cl)no1. The van der Waals surface area contributed by atoms with E-state index in [4.69, 9.17) is 21.9 Å². The van der Waals surface area contributed by atoms with Gasteiger partial charge in [-0.25, -0.2) is 0 Å². The second-order valence-electron chi connectivity index (χ2n) is 3.61. The topological polar surface area (TPSA) is 64.9 Å². The van der Waals surface area contributed by atoms with Crippen molar-refractivity contribution >= 4 is 11.6 Å². The van der Waals surface area contributed by atoms with Crippen LogP contribution in [0.5, 0.6) is 0 Å². The number of nitrogens with zero attached hydrogens (tertiary/aromatic N) is 2. The Morgan fingerprint density at radius 2 is 2.19 bits per heavy atom. The van der Waals surface area contributed by atoms with E-state index in [2.05, 4.69) is 10.1 Å². The predicted octanol–water partition coefficient (Wildman–Crippen LogP) is 2.33. The van der Waals surface area contributed by atoms with Crippen LogP contribution in [0, 0.1) is 0 Å². The molecular weight excluding hydrogens is 226 g/mol. The Labute approximate surface area is 98.4 Å².